The van der Waals surface area contributed by atoms with Crippen molar-refractivity contribution in [3.05, 3.63) is 86.2 Å². The highest BCUT2D eigenvalue weighted by atomic mass is 19.4. The molecule has 3 rings (SSSR count). The SMILES string of the molecule is Cc1ccc(C(=O)Nc2c(C)nn(Cc3cccc(C(F)(F)F)c3)c2C)cc1[N+](=O)[O-]. The Morgan fingerprint density at radius 1 is 1.16 bits per heavy atom. The van der Waals surface area contributed by atoms with Gasteiger partial charge < -0.3 is 5.32 Å². The highest BCUT2D eigenvalue weighted by Crippen LogP contribution is 2.30. The molecule has 7 nitrogen and oxygen atoms in total. The van der Waals surface area contributed by atoms with Gasteiger partial charge in [-0.25, -0.2) is 0 Å². The predicted molar refractivity (Wildman–Crippen MR) is 108 cm³/mol. The number of nitrogens with one attached hydrogen (secondary N) is 1. The molecular weight excluding hydrogens is 413 g/mol. The molecule has 10 heteroatoms. The minimum atomic E-state index is -4.44. The van der Waals surface area contributed by atoms with Crippen LogP contribution in [0.2, 0.25) is 0 Å². The van der Waals surface area contributed by atoms with Crippen molar-refractivity contribution in [2.45, 2.75) is 33.5 Å². The number of nitro groups is 1. The summed E-state index contributed by atoms with van der Waals surface area (Å²) >= 11 is 0. The Labute approximate surface area is 175 Å². The van der Waals surface area contributed by atoms with Gasteiger partial charge in [0.15, 0.2) is 0 Å². The fourth-order valence-corrected chi connectivity index (χ4v) is 3.18. The van der Waals surface area contributed by atoms with E-state index >= 15 is 0 Å². The lowest BCUT2D eigenvalue weighted by Gasteiger charge is -2.10. The Kier molecular flexibility index (Phi) is 5.83. The Hall–Kier alpha value is -3.69. The smallest absolute Gasteiger partial charge is 0.319 e. The minimum Gasteiger partial charge on any atom is -0.319 e. The summed E-state index contributed by atoms with van der Waals surface area (Å²) in [5, 5.41) is 18.1. The summed E-state index contributed by atoms with van der Waals surface area (Å²) in [5.74, 6) is -0.548. The van der Waals surface area contributed by atoms with E-state index in [0.717, 1.165) is 12.1 Å². The minimum absolute atomic E-state index is 0.0858. The summed E-state index contributed by atoms with van der Waals surface area (Å²) in [4.78, 5) is 23.2. The number of anilines is 1. The van der Waals surface area contributed by atoms with Crippen LogP contribution < -0.4 is 5.32 Å². The maximum absolute atomic E-state index is 13.0. The predicted octanol–water partition coefficient (Wildman–Crippen LogP) is 5.04. The van der Waals surface area contributed by atoms with E-state index < -0.39 is 22.6 Å². The number of carbonyl (C=O) groups excluding carboxylic acids is 1. The molecule has 3 aromatic rings. The molecule has 0 aliphatic carbocycles. The fourth-order valence-electron chi connectivity index (χ4n) is 3.18. The molecule has 0 atom stereocenters. The number of rotatable bonds is 5. The van der Waals surface area contributed by atoms with E-state index in [1.165, 1.54) is 28.9 Å². The molecule has 0 spiro atoms. The molecule has 162 valence electrons. The largest absolute Gasteiger partial charge is 0.416 e. The van der Waals surface area contributed by atoms with Crippen LogP contribution in [0.1, 0.15) is 38.4 Å². The van der Waals surface area contributed by atoms with Crippen molar-refractivity contribution in [2.24, 2.45) is 0 Å². The number of hydrogen-bond acceptors (Lipinski definition) is 4. The van der Waals surface area contributed by atoms with E-state index in [1.54, 1.807) is 26.8 Å². The normalized spacial score (nSPS) is 11.4. The first kappa shape index (κ1) is 22.0. The molecule has 0 saturated heterocycles. The van der Waals surface area contributed by atoms with Gasteiger partial charge in [0.2, 0.25) is 0 Å². The van der Waals surface area contributed by atoms with Crippen molar-refractivity contribution in [1.82, 2.24) is 9.78 Å². The van der Waals surface area contributed by atoms with E-state index in [2.05, 4.69) is 10.4 Å². The van der Waals surface area contributed by atoms with Crippen LogP contribution >= 0.6 is 0 Å². The molecule has 0 aliphatic heterocycles. The number of aryl methyl sites for hydroxylation is 2. The second-order valence-electron chi connectivity index (χ2n) is 7.11. The van der Waals surface area contributed by atoms with E-state index in [1.807, 2.05) is 0 Å². The molecule has 1 heterocycles. The number of hydrogen-bond donors (Lipinski definition) is 1. The standard InChI is InChI=1S/C21H19F3N4O3/c1-12-7-8-16(10-18(12)28(30)31)20(29)25-19-13(2)26-27(14(19)3)11-15-5-4-6-17(9-15)21(22,23)24/h4-10H,11H2,1-3H3,(H,25,29). The highest BCUT2D eigenvalue weighted by Gasteiger charge is 2.30. The molecule has 0 aliphatic rings. The first-order valence-corrected chi connectivity index (χ1v) is 9.24. The van der Waals surface area contributed by atoms with Gasteiger partial charge in [-0.15, -0.1) is 0 Å². The quantitative estimate of drug-likeness (QED) is 0.452. The van der Waals surface area contributed by atoms with Crippen LogP contribution in [0.5, 0.6) is 0 Å². The van der Waals surface area contributed by atoms with E-state index in [-0.39, 0.29) is 17.8 Å². The average molecular weight is 432 g/mol. The third-order valence-electron chi connectivity index (χ3n) is 4.87. The molecule has 31 heavy (non-hydrogen) atoms. The summed E-state index contributed by atoms with van der Waals surface area (Å²) in [6, 6.07) is 9.12. The number of carbonyl (C=O) groups is 1. The van der Waals surface area contributed by atoms with Crippen LogP contribution in [0.25, 0.3) is 0 Å². The van der Waals surface area contributed by atoms with Crippen molar-refractivity contribution >= 4 is 17.3 Å². The van der Waals surface area contributed by atoms with Gasteiger partial charge in [-0.05, 0) is 44.5 Å². The van der Waals surface area contributed by atoms with Gasteiger partial charge in [-0.1, -0.05) is 18.2 Å². The van der Waals surface area contributed by atoms with Crippen LogP contribution in [0, 0.1) is 30.9 Å². The van der Waals surface area contributed by atoms with Crippen molar-refractivity contribution in [3.8, 4) is 0 Å². The van der Waals surface area contributed by atoms with Crippen LogP contribution in [0.3, 0.4) is 0 Å². The van der Waals surface area contributed by atoms with Gasteiger partial charge >= 0.3 is 6.18 Å². The molecule has 0 saturated carbocycles. The first-order chi connectivity index (χ1) is 14.5. The third kappa shape index (κ3) is 4.73. The molecule has 0 fully saturated rings. The number of halogens is 3. The monoisotopic (exact) mass is 432 g/mol. The fraction of sp³-hybridized carbons (Fsp3) is 0.238. The van der Waals surface area contributed by atoms with E-state index in [4.69, 9.17) is 0 Å². The number of nitrogens with zero attached hydrogens (tertiary/aromatic N) is 3. The Balaban J connectivity index is 1.85. The first-order valence-electron chi connectivity index (χ1n) is 9.24. The number of benzene rings is 2. The lowest BCUT2D eigenvalue weighted by molar-refractivity contribution is -0.385. The topological polar surface area (TPSA) is 90.1 Å². The van der Waals surface area contributed by atoms with Crippen LogP contribution in [-0.2, 0) is 12.7 Å². The summed E-state index contributed by atoms with van der Waals surface area (Å²) in [7, 11) is 0. The maximum Gasteiger partial charge on any atom is 0.416 e. The van der Waals surface area contributed by atoms with Crippen molar-refractivity contribution in [3.63, 3.8) is 0 Å². The highest BCUT2D eigenvalue weighted by molar-refractivity contribution is 6.05. The Morgan fingerprint density at radius 3 is 2.52 bits per heavy atom. The number of nitro benzene ring substituents is 1. The van der Waals surface area contributed by atoms with Gasteiger partial charge in [0, 0.05) is 17.2 Å². The lowest BCUT2D eigenvalue weighted by atomic mass is 10.1. The number of amides is 1. The zero-order chi connectivity index (χ0) is 22.9. The average Bonchev–Trinajstić information content (AvgIpc) is 2.95. The molecule has 2 aromatic carbocycles. The van der Waals surface area contributed by atoms with Crippen LogP contribution in [0.4, 0.5) is 24.5 Å². The molecule has 1 N–H and O–H groups in total. The Morgan fingerprint density at radius 2 is 1.87 bits per heavy atom. The second kappa shape index (κ2) is 8.21. The van der Waals surface area contributed by atoms with Gasteiger partial charge in [0.25, 0.3) is 11.6 Å². The zero-order valence-electron chi connectivity index (χ0n) is 16.9. The molecule has 0 radical (unpaired) electrons. The third-order valence-corrected chi connectivity index (χ3v) is 4.87. The molecule has 1 amide bonds. The molecule has 1 aromatic heterocycles. The molecular formula is C21H19F3N4O3. The Bertz CT molecular complexity index is 1170. The van der Waals surface area contributed by atoms with Crippen LogP contribution in [-0.4, -0.2) is 20.6 Å². The van der Waals surface area contributed by atoms with Crippen LogP contribution in [0.15, 0.2) is 42.5 Å². The number of alkyl halides is 3. The van der Waals surface area contributed by atoms with E-state index in [0.29, 0.717) is 28.2 Å². The lowest BCUT2D eigenvalue weighted by Crippen LogP contribution is -2.14. The molecule has 0 bridgehead atoms. The summed E-state index contributed by atoms with van der Waals surface area (Å²) < 4.78 is 40.3. The number of aromatic nitrogens is 2. The molecule has 0 unspecified atom stereocenters. The summed E-state index contributed by atoms with van der Waals surface area (Å²) in [5.41, 5.74) is 1.46. The van der Waals surface area contributed by atoms with Gasteiger partial charge in [-0.3, -0.25) is 19.6 Å². The van der Waals surface area contributed by atoms with Crippen molar-refractivity contribution in [1.29, 1.82) is 0 Å². The second-order valence-corrected chi connectivity index (χ2v) is 7.11. The van der Waals surface area contributed by atoms with Crippen molar-refractivity contribution < 1.29 is 22.9 Å². The summed E-state index contributed by atoms with van der Waals surface area (Å²) in [6.07, 6.45) is -4.44. The van der Waals surface area contributed by atoms with Crippen molar-refractivity contribution in [2.75, 3.05) is 5.32 Å². The van der Waals surface area contributed by atoms with Gasteiger partial charge in [0.05, 0.1) is 34.1 Å². The maximum atomic E-state index is 13.0. The van der Waals surface area contributed by atoms with E-state index in [9.17, 15) is 28.1 Å². The van der Waals surface area contributed by atoms with Gasteiger partial charge in [-0.2, -0.15) is 18.3 Å². The zero-order valence-corrected chi connectivity index (χ0v) is 16.9. The summed E-state index contributed by atoms with van der Waals surface area (Å²) in [6.45, 7) is 5.00. The van der Waals surface area contributed by atoms with Gasteiger partial charge in [0.1, 0.15) is 0 Å².